The topological polar surface area (TPSA) is 123 Å². The molecule has 36 heavy (non-hydrogen) atoms. The van der Waals surface area contributed by atoms with E-state index in [2.05, 4.69) is 4.98 Å². The molecule has 2 aromatic rings. The Bertz CT molecular complexity index is 1190. The Morgan fingerprint density at radius 3 is 2.08 bits per heavy atom. The number of aromatic nitrogens is 1. The molecule has 1 aromatic heterocycles. The molecule has 0 amide bonds. The number of benzene rings is 1. The number of carbonyl (C=O) groups excluding carboxylic acids is 3. The van der Waals surface area contributed by atoms with Gasteiger partial charge in [-0.3, -0.25) is 4.98 Å². The van der Waals surface area contributed by atoms with Crippen molar-refractivity contribution in [2.24, 2.45) is 0 Å². The fourth-order valence-corrected chi connectivity index (χ4v) is 4.03. The van der Waals surface area contributed by atoms with Crippen LogP contribution < -0.4 is 14.2 Å². The number of methoxy groups -OCH3 is 3. The first-order chi connectivity index (χ1) is 17.2. The Morgan fingerprint density at radius 2 is 1.50 bits per heavy atom. The molecule has 0 fully saturated rings. The Labute approximate surface area is 209 Å². The molecule has 194 valence electrons. The first kappa shape index (κ1) is 26.7. The molecule has 0 N–H and O–H groups in total. The number of aryl methyl sites for hydroxylation is 2. The van der Waals surface area contributed by atoms with Crippen LogP contribution in [0.5, 0.6) is 17.2 Å². The van der Waals surface area contributed by atoms with Crippen molar-refractivity contribution in [2.45, 2.75) is 20.3 Å². The number of nitrogens with zero attached hydrogens (tertiary/aromatic N) is 2. The second-order valence-electron chi connectivity index (χ2n) is 8.25. The van der Waals surface area contributed by atoms with E-state index in [4.69, 9.17) is 28.4 Å². The van der Waals surface area contributed by atoms with Crippen molar-refractivity contribution in [3.8, 4) is 28.4 Å². The van der Waals surface area contributed by atoms with Crippen molar-refractivity contribution in [3.05, 3.63) is 34.1 Å². The van der Waals surface area contributed by atoms with Gasteiger partial charge in [0.25, 0.3) is 0 Å². The Balaban J connectivity index is 2.35. The van der Waals surface area contributed by atoms with Crippen molar-refractivity contribution in [1.82, 2.24) is 9.88 Å². The fraction of sp³-hybridized carbons (Fsp3) is 0.440. The molecule has 2 heterocycles. The first-order valence-electron chi connectivity index (χ1n) is 11.2. The van der Waals surface area contributed by atoms with Crippen LogP contribution in [0.25, 0.3) is 11.1 Å². The van der Waals surface area contributed by atoms with Crippen LogP contribution in [-0.4, -0.2) is 83.2 Å². The Kier molecular flexibility index (Phi) is 8.36. The zero-order valence-electron chi connectivity index (χ0n) is 21.5. The number of hydrogen-bond donors (Lipinski definition) is 0. The van der Waals surface area contributed by atoms with Crippen LogP contribution in [0.4, 0.5) is 0 Å². The molecule has 11 heteroatoms. The summed E-state index contributed by atoms with van der Waals surface area (Å²) in [6.45, 7) is 3.93. The van der Waals surface area contributed by atoms with E-state index >= 15 is 0 Å². The van der Waals surface area contributed by atoms with Gasteiger partial charge in [0.15, 0.2) is 11.5 Å². The van der Waals surface area contributed by atoms with Gasteiger partial charge in [0.1, 0.15) is 5.56 Å². The number of fused-ring (bicyclic) bond motifs is 1. The summed E-state index contributed by atoms with van der Waals surface area (Å²) in [5.41, 5.74) is 0.818. The van der Waals surface area contributed by atoms with Crippen molar-refractivity contribution < 1.29 is 42.8 Å². The van der Waals surface area contributed by atoms with Crippen LogP contribution in [0.15, 0.2) is 6.07 Å². The van der Waals surface area contributed by atoms with Crippen LogP contribution in [0, 0.1) is 13.8 Å². The van der Waals surface area contributed by atoms with Crippen molar-refractivity contribution in [3.63, 3.8) is 0 Å². The molecule has 0 bridgehead atoms. The summed E-state index contributed by atoms with van der Waals surface area (Å²) in [6, 6.07) is 1.49. The van der Waals surface area contributed by atoms with E-state index in [1.165, 1.54) is 27.4 Å². The highest BCUT2D eigenvalue weighted by atomic mass is 16.7. The van der Waals surface area contributed by atoms with Gasteiger partial charge in [-0.05, 0) is 40.4 Å². The standard InChI is InChI=1S/C25H30N2O9/c1-13-17(23(28)32-6)19(18(14(2)26-13)25(30)34-10-8-9-27(3)4)15-11-16(31-5)21-22(36-12-35-21)20(15)24(29)33-7/h11H,8-10,12H2,1-7H3. The summed E-state index contributed by atoms with van der Waals surface area (Å²) in [4.78, 5) is 45.7. The molecule has 0 atom stereocenters. The lowest BCUT2D eigenvalue weighted by atomic mass is 9.88. The van der Waals surface area contributed by atoms with Crippen LogP contribution in [0.3, 0.4) is 0 Å². The zero-order chi connectivity index (χ0) is 26.6. The van der Waals surface area contributed by atoms with E-state index in [1.54, 1.807) is 13.8 Å². The number of hydrogen-bond acceptors (Lipinski definition) is 11. The maximum atomic E-state index is 13.4. The zero-order valence-corrected chi connectivity index (χ0v) is 21.5. The van der Waals surface area contributed by atoms with E-state index < -0.39 is 17.9 Å². The third-order valence-corrected chi connectivity index (χ3v) is 5.62. The third kappa shape index (κ3) is 5.06. The molecule has 1 aromatic carbocycles. The molecule has 0 spiro atoms. The molecule has 3 rings (SSSR count). The number of esters is 3. The number of pyridine rings is 1. The predicted molar refractivity (Wildman–Crippen MR) is 128 cm³/mol. The van der Waals surface area contributed by atoms with Gasteiger partial charge in [-0.25, -0.2) is 14.4 Å². The SMILES string of the molecule is COC(=O)c1c(-c2c(C(=O)OC)c(C)nc(C)c2C(=O)OCCCN(C)C)cc(OC)c2c1OCO2. The van der Waals surface area contributed by atoms with Crippen LogP contribution >= 0.6 is 0 Å². The highest BCUT2D eigenvalue weighted by molar-refractivity contribution is 6.12. The smallest absolute Gasteiger partial charge is 0.342 e. The van der Waals surface area contributed by atoms with Crippen molar-refractivity contribution in [1.29, 1.82) is 0 Å². The molecule has 1 aliphatic rings. The van der Waals surface area contributed by atoms with Gasteiger partial charge in [0, 0.05) is 17.7 Å². The summed E-state index contributed by atoms with van der Waals surface area (Å²) in [7, 11) is 7.67. The van der Waals surface area contributed by atoms with E-state index in [9.17, 15) is 14.4 Å². The highest BCUT2D eigenvalue weighted by Gasteiger charge is 2.36. The van der Waals surface area contributed by atoms with Crippen LogP contribution in [0.1, 0.15) is 48.9 Å². The molecular weight excluding hydrogens is 472 g/mol. The van der Waals surface area contributed by atoms with E-state index in [0.29, 0.717) is 24.4 Å². The molecule has 0 saturated heterocycles. The summed E-state index contributed by atoms with van der Waals surface area (Å²) < 4.78 is 32.1. The summed E-state index contributed by atoms with van der Waals surface area (Å²) in [6.07, 6.45) is 0.599. The molecule has 0 radical (unpaired) electrons. The minimum atomic E-state index is -0.761. The minimum Gasteiger partial charge on any atom is -0.493 e. The number of carbonyl (C=O) groups is 3. The lowest BCUT2D eigenvalue weighted by Gasteiger charge is -2.20. The molecule has 11 nitrogen and oxygen atoms in total. The van der Waals surface area contributed by atoms with Crippen LogP contribution in [-0.2, 0) is 14.2 Å². The fourth-order valence-electron chi connectivity index (χ4n) is 4.03. The van der Waals surface area contributed by atoms with E-state index in [-0.39, 0.29) is 58.5 Å². The first-order valence-corrected chi connectivity index (χ1v) is 11.2. The molecule has 0 unspecified atom stereocenters. The lowest BCUT2D eigenvalue weighted by molar-refractivity contribution is 0.0491. The van der Waals surface area contributed by atoms with Gasteiger partial charge in [0.05, 0.1) is 50.5 Å². The van der Waals surface area contributed by atoms with Gasteiger partial charge in [-0.1, -0.05) is 0 Å². The van der Waals surface area contributed by atoms with Crippen molar-refractivity contribution >= 4 is 17.9 Å². The quantitative estimate of drug-likeness (QED) is 0.286. The number of ether oxygens (including phenoxy) is 6. The maximum Gasteiger partial charge on any atom is 0.342 e. The average molecular weight is 503 g/mol. The molecule has 1 aliphatic heterocycles. The Hall–Kier alpha value is -3.86. The molecule has 0 aliphatic carbocycles. The van der Waals surface area contributed by atoms with Gasteiger partial charge >= 0.3 is 17.9 Å². The van der Waals surface area contributed by atoms with Gasteiger partial charge in [-0.2, -0.15) is 0 Å². The van der Waals surface area contributed by atoms with Gasteiger partial charge in [-0.15, -0.1) is 0 Å². The normalized spacial score (nSPS) is 11.9. The van der Waals surface area contributed by atoms with Gasteiger partial charge < -0.3 is 33.3 Å². The maximum absolute atomic E-state index is 13.4. The monoisotopic (exact) mass is 502 g/mol. The second-order valence-corrected chi connectivity index (χ2v) is 8.25. The third-order valence-electron chi connectivity index (χ3n) is 5.62. The van der Waals surface area contributed by atoms with Gasteiger partial charge in [0.2, 0.25) is 12.5 Å². The summed E-state index contributed by atoms with van der Waals surface area (Å²) in [5, 5.41) is 0. The van der Waals surface area contributed by atoms with Crippen LogP contribution in [0.2, 0.25) is 0 Å². The largest absolute Gasteiger partial charge is 0.493 e. The summed E-state index contributed by atoms with van der Waals surface area (Å²) in [5.74, 6) is -1.70. The molecular formula is C25H30N2O9. The average Bonchev–Trinajstić information content (AvgIpc) is 3.33. The van der Waals surface area contributed by atoms with E-state index in [1.807, 2.05) is 19.0 Å². The van der Waals surface area contributed by atoms with E-state index in [0.717, 1.165) is 0 Å². The summed E-state index contributed by atoms with van der Waals surface area (Å²) >= 11 is 0. The minimum absolute atomic E-state index is 0.00517. The Morgan fingerprint density at radius 1 is 0.917 bits per heavy atom. The van der Waals surface area contributed by atoms with Crippen molar-refractivity contribution in [2.75, 3.05) is 55.4 Å². The lowest BCUT2D eigenvalue weighted by Crippen LogP contribution is -2.20. The predicted octanol–water partition coefficient (Wildman–Crippen LogP) is 2.78. The highest BCUT2D eigenvalue weighted by Crippen LogP contribution is 2.49. The number of rotatable bonds is 9. The second kappa shape index (κ2) is 11.3. The molecule has 0 saturated carbocycles.